The number of benzene rings is 3. The van der Waals surface area contributed by atoms with Crippen molar-refractivity contribution >= 4 is 33.2 Å². The molecule has 0 fully saturated rings. The van der Waals surface area contributed by atoms with Crippen molar-refractivity contribution in [3.63, 3.8) is 0 Å². The number of fused-ring (bicyclic) bond motifs is 3. The Hall–Kier alpha value is -3.16. The molecule has 5 nitrogen and oxygen atoms in total. The number of ether oxygens (including phenoxy) is 1. The van der Waals surface area contributed by atoms with Crippen LogP contribution in [0, 0.1) is 10.1 Å². The molecule has 0 aliphatic rings. The molecule has 128 valence electrons. The highest BCUT2D eigenvalue weighted by molar-refractivity contribution is 6.18. The lowest BCUT2D eigenvalue weighted by molar-refractivity contribution is -0.383. The lowest BCUT2D eigenvalue weighted by Crippen LogP contribution is -2.06. The molecule has 0 N–H and O–H groups in total. The molecule has 0 saturated heterocycles. The zero-order chi connectivity index (χ0) is 18.4. The van der Waals surface area contributed by atoms with Gasteiger partial charge in [-0.15, -0.1) is 0 Å². The Bertz CT molecular complexity index is 1030. The number of halogens is 3. The summed E-state index contributed by atoms with van der Waals surface area (Å²) in [4.78, 5) is 22.7. The van der Waals surface area contributed by atoms with Crippen molar-refractivity contribution in [3.05, 3.63) is 63.7 Å². The summed E-state index contributed by atoms with van der Waals surface area (Å²) >= 11 is 0. The van der Waals surface area contributed by atoms with E-state index in [1.54, 1.807) is 0 Å². The van der Waals surface area contributed by atoms with E-state index in [0.717, 1.165) is 19.2 Å². The van der Waals surface area contributed by atoms with Crippen LogP contribution < -0.4 is 0 Å². The summed E-state index contributed by atoms with van der Waals surface area (Å²) in [5, 5.41) is 12.2. The average molecular weight is 349 g/mol. The first-order valence-electron chi connectivity index (χ1n) is 7.03. The lowest BCUT2D eigenvalue weighted by Gasteiger charge is -2.12. The molecule has 0 amide bonds. The van der Waals surface area contributed by atoms with Crippen molar-refractivity contribution in [3.8, 4) is 0 Å². The lowest BCUT2D eigenvalue weighted by atomic mass is 9.95. The van der Waals surface area contributed by atoms with Gasteiger partial charge in [0.05, 0.1) is 28.5 Å². The number of methoxy groups -OCH3 is 1. The van der Waals surface area contributed by atoms with Crippen molar-refractivity contribution in [2.75, 3.05) is 7.11 Å². The van der Waals surface area contributed by atoms with Gasteiger partial charge in [0, 0.05) is 6.07 Å². The van der Waals surface area contributed by atoms with E-state index < -0.39 is 22.6 Å². The van der Waals surface area contributed by atoms with E-state index >= 15 is 0 Å². The summed E-state index contributed by atoms with van der Waals surface area (Å²) in [6.07, 6.45) is -4.54. The van der Waals surface area contributed by atoms with Gasteiger partial charge in [-0.2, -0.15) is 13.2 Å². The number of non-ortho nitro benzene ring substituents is 1. The molecule has 0 radical (unpaired) electrons. The van der Waals surface area contributed by atoms with Crippen LogP contribution in [0.4, 0.5) is 18.9 Å². The molecule has 0 atom stereocenters. The maximum absolute atomic E-state index is 12.9. The van der Waals surface area contributed by atoms with Crippen LogP contribution in [0.25, 0.3) is 21.5 Å². The van der Waals surface area contributed by atoms with E-state index in [0.29, 0.717) is 10.8 Å². The number of hydrogen-bond donors (Lipinski definition) is 0. The minimum absolute atomic E-state index is 0.0339. The smallest absolute Gasteiger partial charge is 0.416 e. The van der Waals surface area contributed by atoms with Crippen LogP contribution in [0.3, 0.4) is 0 Å². The Kier molecular flexibility index (Phi) is 3.82. The second-order valence-corrected chi connectivity index (χ2v) is 5.31. The van der Waals surface area contributed by atoms with E-state index in [4.69, 9.17) is 0 Å². The van der Waals surface area contributed by atoms with Gasteiger partial charge < -0.3 is 4.74 Å². The first-order chi connectivity index (χ1) is 11.7. The highest BCUT2D eigenvalue weighted by Gasteiger charge is 2.31. The molecule has 0 aromatic heterocycles. The largest absolute Gasteiger partial charge is 0.465 e. The Morgan fingerprint density at radius 2 is 1.84 bits per heavy atom. The second-order valence-electron chi connectivity index (χ2n) is 5.31. The summed E-state index contributed by atoms with van der Waals surface area (Å²) < 4.78 is 43.5. The summed E-state index contributed by atoms with van der Waals surface area (Å²) in [5.74, 6) is -0.862. The minimum Gasteiger partial charge on any atom is -0.465 e. The SMILES string of the molecule is COC(=O)c1cc2cc(C(F)(F)F)ccc2c2cccc([N+](=O)[O-])c12. The van der Waals surface area contributed by atoms with Crippen molar-refractivity contribution in [2.24, 2.45) is 0 Å². The van der Waals surface area contributed by atoms with E-state index in [-0.39, 0.29) is 22.0 Å². The number of hydrogen-bond acceptors (Lipinski definition) is 4. The van der Waals surface area contributed by atoms with Crippen LogP contribution in [-0.4, -0.2) is 18.0 Å². The van der Waals surface area contributed by atoms with E-state index in [1.165, 1.54) is 30.3 Å². The Labute approximate surface area is 138 Å². The number of carbonyl (C=O) groups excluding carboxylic acids is 1. The van der Waals surface area contributed by atoms with Gasteiger partial charge >= 0.3 is 12.1 Å². The van der Waals surface area contributed by atoms with Gasteiger partial charge in [-0.1, -0.05) is 18.2 Å². The Morgan fingerprint density at radius 3 is 2.44 bits per heavy atom. The number of alkyl halides is 3. The van der Waals surface area contributed by atoms with Crippen molar-refractivity contribution in [1.82, 2.24) is 0 Å². The van der Waals surface area contributed by atoms with Crippen LogP contribution in [0.5, 0.6) is 0 Å². The predicted octanol–water partition coefficient (Wildman–Crippen LogP) is 4.71. The van der Waals surface area contributed by atoms with Crippen molar-refractivity contribution < 1.29 is 27.6 Å². The van der Waals surface area contributed by atoms with E-state index in [2.05, 4.69) is 4.74 Å². The van der Waals surface area contributed by atoms with Crippen LogP contribution in [0.2, 0.25) is 0 Å². The van der Waals surface area contributed by atoms with Crippen molar-refractivity contribution in [1.29, 1.82) is 0 Å². The monoisotopic (exact) mass is 349 g/mol. The predicted molar refractivity (Wildman–Crippen MR) is 84.4 cm³/mol. The number of nitro groups is 1. The van der Waals surface area contributed by atoms with Gasteiger partial charge in [0.15, 0.2) is 0 Å². The molecule has 25 heavy (non-hydrogen) atoms. The number of rotatable bonds is 2. The van der Waals surface area contributed by atoms with Gasteiger partial charge in [-0.05, 0) is 34.4 Å². The standard InChI is InChI=1S/C17H10F3NO4/c1-25-16(22)13-8-9-7-10(17(18,19)20)5-6-11(9)12-3-2-4-14(15(12)13)21(23)24/h2-8H,1H3. The molecule has 3 rings (SSSR count). The molecule has 8 heteroatoms. The number of esters is 1. The Morgan fingerprint density at radius 1 is 1.12 bits per heavy atom. The average Bonchev–Trinajstić information content (AvgIpc) is 2.58. The summed E-state index contributed by atoms with van der Waals surface area (Å²) in [6.45, 7) is 0. The third-order valence-electron chi connectivity index (χ3n) is 3.88. The second kappa shape index (κ2) is 5.73. The molecule has 0 unspecified atom stereocenters. The van der Waals surface area contributed by atoms with Gasteiger partial charge in [0.1, 0.15) is 0 Å². The maximum atomic E-state index is 12.9. The summed E-state index contributed by atoms with van der Waals surface area (Å²) in [7, 11) is 1.10. The fourth-order valence-corrected chi connectivity index (χ4v) is 2.80. The summed E-state index contributed by atoms with van der Waals surface area (Å²) in [6, 6.07) is 8.39. The normalized spacial score (nSPS) is 11.7. The molecule has 0 aliphatic heterocycles. The van der Waals surface area contributed by atoms with Crippen LogP contribution >= 0.6 is 0 Å². The minimum atomic E-state index is -4.54. The summed E-state index contributed by atoms with van der Waals surface area (Å²) in [5.41, 5.74) is -1.35. The third kappa shape index (κ3) is 2.75. The zero-order valence-electron chi connectivity index (χ0n) is 12.8. The van der Waals surface area contributed by atoms with Crippen LogP contribution in [0.15, 0.2) is 42.5 Å². The number of nitro benzene ring substituents is 1. The van der Waals surface area contributed by atoms with Crippen molar-refractivity contribution in [2.45, 2.75) is 6.18 Å². The fraction of sp³-hybridized carbons (Fsp3) is 0.118. The van der Waals surface area contributed by atoms with Gasteiger partial charge in [0.25, 0.3) is 5.69 Å². The first kappa shape index (κ1) is 16.7. The highest BCUT2D eigenvalue weighted by Crippen LogP contribution is 2.38. The van der Waals surface area contributed by atoms with Gasteiger partial charge in [-0.25, -0.2) is 4.79 Å². The molecule has 3 aromatic rings. The topological polar surface area (TPSA) is 69.4 Å². The molecule has 0 aliphatic carbocycles. The molecule has 0 spiro atoms. The number of carbonyl (C=O) groups is 1. The zero-order valence-corrected chi connectivity index (χ0v) is 12.8. The molecule has 3 aromatic carbocycles. The molecule has 0 bridgehead atoms. The van der Waals surface area contributed by atoms with E-state index in [9.17, 15) is 28.1 Å². The molecular weight excluding hydrogens is 339 g/mol. The van der Waals surface area contributed by atoms with Crippen LogP contribution in [-0.2, 0) is 10.9 Å². The maximum Gasteiger partial charge on any atom is 0.416 e. The van der Waals surface area contributed by atoms with E-state index in [1.807, 2.05) is 0 Å². The molecular formula is C17H10F3NO4. The van der Waals surface area contributed by atoms with Gasteiger partial charge in [0.2, 0.25) is 0 Å². The quantitative estimate of drug-likeness (QED) is 0.291. The van der Waals surface area contributed by atoms with Gasteiger partial charge in [-0.3, -0.25) is 10.1 Å². The highest BCUT2D eigenvalue weighted by atomic mass is 19.4. The fourth-order valence-electron chi connectivity index (χ4n) is 2.80. The third-order valence-corrected chi connectivity index (χ3v) is 3.88. The first-order valence-corrected chi connectivity index (χ1v) is 7.03. The van der Waals surface area contributed by atoms with Crippen LogP contribution in [0.1, 0.15) is 15.9 Å². The number of nitrogens with zero attached hydrogens (tertiary/aromatic N) is 1. The molecule has 0 saturated carbocycles. The Balaban J connectivity index is 2.49. The molecule has 0 heterocycles.